The van der Waals surface area contributed by atoms with Crippen LogP contribution in [0.4, 0.5) is 20.4 Å². The Balaban J connectivity index is 2.09. The molecule has 2 N–H and O–H groups in total. The summed E-state index contributed by atoms with van der Waals surface area (Å²) in [7, 11) is 0. The maximum absolute atomic E-state index is 13.8. The molecular formula is C15H23F2N3. The highest BCUT2D eigenvalue weighted by Gasteiger charge is 2.22. The molecule has 1 aromatic rings. The van der Waals surface area contributed by atoms with Gasteiger partial charge >= 0.3 is 0 Å². The van der Waals surface area contributed by atoms with E-state index in [1.54, 1.807) is 0 Å². The largest absolute Gasteiger partial charge is 0.368 e. The van der Waals surface area contributed by atoms with Crippen LogP contribution in [0.2, 0.25) is 0 Å². The lowest BCUT2D eigenvalue weighted by Crippen LogP contribution is -2.28. The molecule has 0 aliphatic heterocycles. The van der Waals surface area contributed by atoms with Gasteiger partial charge in [-0.1, -0.05) is 19.3 Å². The van der Waals surface area contributed by atoms with Crippen molar-refractivity contribution in [3.05, 3.63) is 17.7 Å². The van der Waals surface area contributed by atoms with Crippen molar-refractivity contribution < 1.29 is 8.78 Å². The Morgan fingerprint density at radius 2 is 1.85 bits per heavy atom. The Morgan fingerprint density at radius 1 is 1.20 bits per heavy atom. The molecule has 1 heterocycles. The molecule has 0 spiro atoms. The minimum atomic E-state index is -0.653. The van der Waals surface area contributed by atoms with Crippen LogP contribution in [0.1, 0.15) is 46.0 Å². The summed E-state index contributed by atoms with van der Waals surface area (Å²) in [6.07, 6.45) is 6.09. The van der Waals surface area contributed by atoms with E-state index in [0.29, 0.717) is 12.5 Å². The highest BCUT2D eigenvalue weighted by Crippen LogP contribution is 2.28. The molecular weight excluding hydrogens is 260 g/mol. The topological polar surface area (TPSA) is 37.0 Å². The van der Waals surface area contributed by atoms with Crippen molar-refractivity contribution in [3.63, 3.8) is 0 Å². The van der Waals surface area contributed by atoms with E-state index in [1.165, 1.54) is 19.3 Å². The van der Waals surface area contributed by atoms with Gasteiger partial charge in [0.25, 0.3) is 0 Å². The maximum Gasteiger partial charge on any atom is 0.168 e. The summed E-state index contributed by atoms with van der Waals surface area (Å²) in [4.78, 5) is 4.02. The van der Waals surface area contributed by atoms with Crippen LogP contribution in [0.25, 0.3) is 0 Å². The van der Waals surface area contributed by atoms with Crippen molar-refractivity contribution in [2.45, 2.75) is 52.0 Å². The molecule has 1 fully saturated rings. The first-order valence-electron chi connectivity index (χ1n) is 7.48. The number of nitrogens with zero attached hydrogens (tertiary/aromatic N) is 1. The zero-order valence-electron chi connectivity index (χ0n) is 12.2. The number of rotatable bonds is 5. The highest BCUT2D eigenvalue weighted by molar-refractivity contribution is 5.48. The molecule has 0 radical (unpaired) electrons. The molecule has 1 aliphatic rings. The Kier molecular flexibility index (Phi) is 5.15. The van der Waals surface area contributed by atoms with Gasteiger partial charge in [-0.05, 0) is 32.6 Å². The molecule has 0 amide bonds. The van der Waals surface area contributed by atoms with Crippen molar-refractivity contribution in [2.75, 3.05) is 17.2 Å². The van der Waals surface area contributed by atoms with Crippen LogP contribution in [-0.2, 0) is 0 Å². The second kappa shape index (κ2) is 6.86. The molecule has 1 aliphatic carbocycles. The van der Waals surface area contributed by atoms with Gasteiger partial charge in [0.1, 0.15) is 0 Å². The summed E-state index contributed by atoms with van der Waals surface area (Å²) in [5, 5.41) is 5.92. The summed E-state index contributed by atoms with van der Waals surface area (Å²) in [5.74, 6) is -0.503. The molecule has 1 unspecified atom stereocenters. The lowest BCUT2D eigenvalue weighted by molar-refractivity contribution is 0.327. The van der Waals surface area contributed by atoms with Gasteiger partial charge in [-0.15, -0.1) is 0 Å². The zero-order valence-corrected chi connectivity index (χ0v) is 12.2. The summed E-state index contributed by atoms with van der Waals surface area (Å²) >= 11 is 0. The molecule has 1 saturated carbocycles. The second-order valence-electron chi connectivity index (χ2n) is 5.51. The molecule has 112 valence electrons. The van der Waals surface area contributed by atoms with Crippen LogP contribution in [0.5, 0.6) is 0 Å². The van der Waals surface area contributed by atoms with E-state index in [9.17, 15) is 8.78 Å². The standard InChI is InChI=1S/C15H23F2N3/c1-3-18-14-12(16)9-13(17)15(20-14)19-10(2)11-7-5-4-6-8-11/h9-11H,3-8H2,1-2H3,(H2,18,19,20). The third-order valence-electron chi connectivity index (χ3n) is 4.00. The van der Waals surface area contributed by atoms with Crippen molar-refractivity contribution in [1.29, 1.82) is 0 Å². The van der Waals surface area contributed by atoms with Gasteiger partial charge in [-0.2, -0.15) is 0 Å². The lowest BCUT2D eigenvalue weighted by Gasteiger charge is -2.28. The van der Waals surface area contributed by atoms with E-state index in [1.807, 2.05) is 13.8 Å². The Morgan fingerprint density at radius 3 is 2.50 bits per heavy atom. The van der Waals surface area contributed by atoms with Gasteiger partial charge in [0.05, 0.1) is 0 Å². The monoisotopic (exact) mass is 283 g/mol. The van der Waals surface area contributed by atoms with E-state index >= 15 is 0 Å². The van der Waals surface area contributed by atoms with E-state index in [2.05, 4.69) is 15.6 Å². The molecule has 1 aromatic heterocycles. The SMILES string of the molecule is CCNc1nc(NC(C)C2CCCCC2)c(F)cc1F. The summed E-state index contributed by atoms with van der Waals surface area (Å²) < 4.78 is 27.3. The third kappa shape index (κ3) is 3.58. The zero-order chi connectivity index (χ0) is 14.5. The quantitative estimate of drug-likeness (QED) is 0.851. The number of pyridine rings is 1. The molecule has 20 heavy (non-hydrogen) atoms. The minimum Gasteiger partial charge on any atom is -0.368 e. The van der Waals surface area contributed by atoms with Crippen molar-refractivity contribution in [3.8, 4) is 0 Å². The summed E-state index contributed by atoms with van der Waals surface area (Å²) in [5.41, 5.74) is 0. The summed E-state index contributed by atoms with van der Waals surface area (Å²) in [6.45, 7) is 4.45. The van der Waals surface area contributed by atoms with Gasteiger partial charge < -0.3 is 10.6 Å². The molecule has 0 saturated heterocycles. The van der Waals surface area contributed by atoms with Crippen LogP contribution in [0.3, 0.4) is 0 Å². The first-order chi connectivity index (χ1) is 9.61. The molecule has 2 rings (SSSR count). The van der Waals surface area contributed by atoms with Crippen LogP contribution in [-0.4, -0.2) is 17.6 Å². The molecule has 0 aromatic carbocycles. The molecule has 3 nitrogen and oxygen atoms in total. The van der Waals surface area contributed by atoms with Crippen molar-refractivity contribution in [1.82, 2.24) is 4.98 Å². The number of aromatic nitrogens is 1. The Bertz CT molecular complexity index is 445. The van der Waals surface area contributed by atoms with Crippen LogP contribution in [0.15, 0.2) is 6.07 Å². The number of nitrogens with one attached hydrogen (secondary N) is 2. The predicted octanol–water partition coefficient (Wildman–Crippen LogP) is 4.17. The van der Waals surface area contributed by atoms with E-state index in [4.69, 9.17) is 0 Å². The van der Waals surface area contributed by atoms with Crippen molar-refractivity contribution >= 4 is 11.6 Å². The van der Waals surface area contributed by atoms with E-state index < -0.39 is 11.6 Å². The normalized spacial score (nSPS) is 17.8. The Hall–Kier alpha value is -1.39. The minimum absolute atomic E-state index is 0.104. The van der Waals surface area contributed by atoms with Gasteiger partial charge in [0, 0.05) is 18.7 Å². The van der Waals surface area contributed by atoms with Crippen molar-refractivity contribution in [2.24, 2.45) is 5.92 Å². The number of anilines is 2. The smallest absolute Gasteiger partial charge is 0.168 e. The maximum atomic E-state index is 13.8. The fourth-order valence-electron chi connectivity index (χ4n) is 2.83. The average Bonchev–Trinajstić information content (AvgIpc) is 2.45. The molecule has 0 bridgehead atoms. The molecule has 5 heteroatoms. The van der Waals surface area contributed by atoms with Gasteiger partial charge in [-0.25, -0.2) is 13.8 Å². The average molecular weight is 283 g/mol. The molecule has 1 atom stereocenters. The third-order valence-corrected chi connectivity index (χ3v) is 4.00. The predicted molar refractivity (Wildman–Crippen MR) is 78.0 cm³/mol. The van der Waals surface area contributed by atoms with Gasteiger partial charge in [0.2, 0.25) is 0 Å². The fraction of sp³-hybridized carbons (Fsp3) is 0.667. The number of hydrogen-bond acceptors (Lipinski definition) is 3. The van der Waals surface area contributed by atoms with E-state index in [-0.39, 0.29) is 17.7 Å². The highest BCUT2D eigenvalue weighted by atomic mass is 19.1. The van der Waals surface area contributed by atoms with Crippen LogP contribution >= 0.6 is 0 Å². The second-order valence-corrected chi connectivity index (χ2v) is 5.51. The van der Waals surface area contributed by atoms with E-state index in [0.717, 1.165) is 18.9 Å². The fourth-order valence-corrected chi connectivity index (χ4v) is 2.83. The van der Waals surface area contributed by atoms with Gasteiger partial charge in [-0.3, -0.25) is 0 Å². The Labute approximate surface area is 119 Å². The number of hydrogen-bond donors (Lipinski definition) is 2. The number of halogens is 2. The lowest BCUT2D eigenvalue weighted by atomic mass is 9.84. The summed E-state index contributed by atoms with van der Waals surface area (Å²) in [6, 6.07) is 1.04. The first-order valence-corrected chi connectivity index (χ1v) is 7.48. The van der Waals surface area contributed by atoms with Crippen LogP contribution < -0.4 is 10.6 Å². The first kappa shape index (κ1) is 15.0. The van der Waals surface area contributed by atoms with Gasteiger partial charge in [0.15, 0.2) is 23.3 Å². The van der Waals surface area contributed by atoms with Crippen LogP contribution in [0, 0.1) is 17.6 Å².